The van der Waals surface area contributed by atoms with Gasteiger partial charge >= 0.3 is 5.97 Å². The van der Waals surface area contributed by atoms with Gasteiger partial charge < -0.3 is 24.8 Å². The largest absolute Gasteiger partial charge is 0.466 e. The molecule has 2 amide bonds. The molecule has 2 unspecified atom stereocenters. The molecule has 5 atom stereocenters. The van der Waals surface area contributed by atoms with Gasteiger partial charge in [0.05, 0.1) is 18.1 Å². The Morgan fingerprint density at radius 3 is 2.47 bits per heavy atom. The maximum absolute atomic E-state index is 14.0. The summed E-state index contributed by atoms with van der Waals surface area (Å²) in [6.45, 7) is 8.41. The number of unbranched alkanes of at least 4 members (excludes halogenated alkanes) is 3. The number of aryl methyl sites for hydroxylation is 2. The Kier molecular flexibility index (Phi) is 7.76. The molecule has 0 aliphatic carbocycles. The molecule has 2 bridgehead atoms. The molecule has 1 spiro atoms. The number of ether oxygens (including phenoxy) is 2. The smallest absolute Gasteiger partial charge is 0.312 e. The number of nitrogens with one attached hydrogen (secondary N) is 1. The van der Waals surface area contributed by atoms with Gasteiger partial charge in [0.1, 0.15) is 17.6 Å². The summed E-state index contributed by atoms with van der Waals surface area (Å²) in [5.74, 6) is -2.30. The van der Waals surface area contributed by atoms with Crippen molar-refractivity contribution in [2.24, 2.45) is 11.8 Å². The number of carbonyl (C=O) groups is 3. The van der Waals surface area contributed by atoms with E-state index in [1.807, 2.05) is 39.0 Å². The van der Waals surface area contributed by atoms with Crippen molar-refractivity contribution in [3.05, 3.63) is 29.3 Å². The lowest BCUT2D eigenvalue weighted by molar-refractivity contribution is -0.160. The summed E-state index contributed by atoms with van der Waals surface area (Å²) < 4.78 is 12.1. The van der Waals surface area contributed by atoms with E-state index >= 15 is 0 Å². The van der Waals surface area contributed by atoms with Gasteiger partial charge in [-0.15, -0.1) is 0 Å². The van der Waals surface area contributed by atoms with Crippen LogP contribution in [0.15, 0.2) is 18.2 Å². The molecule has 3 fully saturated rings. The molecule has 0 aromatic heterocycles. The van der Waals surface area contributed by atoms with Gasteiger partial charge in [-0.3, -0.25) is 14.4 Å². The first-order valence-electron chi connectivity index (χ1n) is 13.4. The van der Waals surface area contributed by atoms with Crippen molar-refractivity contribution in [3.8, 4) is 0 Å². The van der Waals surface area contributed by atoms with Crippen LogP contribution >= 0.6 is 0 Å². The summed E-state index contributed by atoms with van der Waals surface area (Å²) in [5, 5.41) is 12.2. The average molecular weight is 501 g/mol. The third kappa shape index (κ3) is 4.22. The summed E-state index contributed by atoms with van der Waals surface area (Å²) in [6, 6.07) is 5.02. The molecule has 0 saturated carbocycles. The number of para-hydroxylation sites is 1. The number of hydrogen-bond acceptors (Lipinski definition) is 6. The van der Waals surface area contributed by atoms with Crippen LogP contribution in [0.2, 0.25) is 0 Å². The van der Waals surface area contributed by atoms with Crippen LogP contribution in [0.1, 0.15) is 69.9 Å². The van der Waals surface area contributed by atoms with Crippen LogP contribution in [0.5, 0.6) is 0 Å². The van der Waals surface area contributed by atoms with Gasteiger partial charge in [-0.25, -0.2) is 0 Å². The molecular weight excluding hydrogens is 460 g/mol. The Morgan fingerprint density at radius 1 is 1.14 bits per heavy atom. The maximum atomic E-state index is 14.0. The summed E-state index contributed by atoms with van der Waals surface area (Å²) in [6.07, 6.45) is 4.87. The number of nitrogens with zero attached hydrogens (tertiary/aromatic N) is 1. The monoisotopic (exact) mass is 500 g/mol. The number of aliphatic hydroxyl groups excluding tert-OH is 1. The standard InChI is InChI=1S/C28H40N2O6/c1-5-27-14-15-28(36-27)20(21(27)26(34)35-6-2)25(33)30(16-9-7-8-10-17-31)23(28)24(32)29-22-18(3)12-11-13-19(22)4/h11-13,20-21,23,31H,5-10,14-17H2,1-4H3,(H,29,32)/t20-,21+,23?,27-,28?/m0/s1. The predicted octanol–water partition coefficient (Wildman–Crippen LogP) is 3.51. The first-order chi connectivity index (χ1) is 17.3. The minimum atomic E-state index is -1.05. The van der Waals surface area contributed by atoms with E-state index < -0.39 is 35.0 Å². The van der Waals surface area contributed by atoms with Gasteiger partial charge in [-0.2, -0.15) is 0 Å². The van der Waals surface area contributed by atoms with Gasteiger partial charge in [0.25, 0.3) is 0 Å². The lowest BCUT2D eigenvalue weighted by Crippen LogP contribution is -2.53. The quantitative estimate of drug-likeness (QED) is 0.356. The number of hydrogen-bond donors (Lipinski definition) is 2. The molecule has 8 nitrogen and oxygen atoms in total. The number of rotatable bonds is 11. The molecule has 1 aromatic rings. The van der Waals surface area contributed by atoms with Gasteiger partial charge in [-0.1, -0.05) is 38.0 Å². The predicted molar refractivity (Wildman–Crippen MR) is 135 cm³/mol. The molecule has 4 rings (SSSR count). The third-order valence-electron chi connectivity index (χ3n) is 8.51. The molecular formula is C28H40N2O6. The van der Waals surface area contributed by atoms with Crippen molar-refractivity contribution in [2.45, 2.75) is 89.9 Å². The number of likely N-dealkylation sites (tertiary alicyclic amines) is 1. The van der Waals surface area contributed by atoms with E-state index in [1.165, 1.54) is 0 Å². The normalized spacial score (nSPS) is 30.5. The molecule has 2 N–H and O–H groups in total. The van der Waals surface area contributed by atoms with E-state index in [4.69, 9.17) is 14.6 Å². The third-order valence-corrected chi connectivity index (χ3v) is 8.51. The van der Waals surface area contributed by atoms with Crippen LogP contribution in [-0.4, -0.2) is 64.8 Å². The molecule has 0 radical (unpaired) electrons. The molecule has 8 heteroatoms. The van der Waals surface area contributed by atoms with E-state index in [1.54, 1.807) is 11.8 Å². The number of amides is 2. The summed E-state index contributed by atoms with van der Waals surface area (Å²) in [4.78, 5) is 42.8. The Hall–Kier alpha value is -2.45. The molecule has 1 aromatic carbocycles. The van der Waals surface area contributed by atoms with Crippen molar-refractivity contribution in [1.82, 2.24) is 4.90 Å². The highest BCUT2D eigenvalue weighted by Gasteiger charge is 2.78. The highest BCUT2D eigenvalue weighted by molar-refractivity contribution is 6.04. The van der Waals surface area contributed by atoms with Crippen molar-refractivity contribution in [1.29, 1.82) is 0 Å². The first kappa shape index (κ1) is 26.6. The number of esters is 1. The zero-order valence-electron chi connectivity index (χ0n) is 22.0. The maximum Gasteiger partial charge on any atom is 0.312 e. The van der Waals surface area contributed by atoms with Gasteiger partial charge in [-0.05, 0) is 64.0 Å². The van der Waals surface area contributed by atoms with Gasteiger partial charge in [0.2, 0.25) is 11.8 Å². The van der Waals surface area contributed by atoms with Gasteiger partial charge in [0.15, 0.2) is 0 Å². The fraction of sp³-hybridized carbons (Fsp3) is 0.679. The topological polar surface area (TPSA) is 105 Å². The fourth-order valence-electron chi connectivity index (χ4n) is 6.80. The van der Waals surface area contributed by atoms with E-state index in [2.05, 4.69) is 5.32 Å². The molecule has 3 heterocycles. The molecule has 3 aliphatic heterocycles. The van der Waals surface area contributed by atoms with E-state index in [0.717, 1.165) is 29.7 Å². The second-order valence-electron chi connectivity index (χ2n) is 10.5. The molecule has 36 heavy (non-hydrogen) atoms. The van der Waals surface area contributed by atoms with Crippen LogP contribution < -0.4 is 5.32 Å². The van der Waals surface area contributed by atoms with Gasteiger partial charge in [0, 0.05) is 18.8 Å². The zero-order valence-corrected chi connectivity index (χ0v) is 22.0. The second-order valence-corrected chi connectivity index (χ2v) is 10.5. The molecule has 198 valence electrons. The van der Waals surface area contributed by atoms with Crippen molar-refractivity contribution in [2.75, 3.05) is 25.1 Å². The Labute approximate surface area is 213 Å². The van der Waals surface area contributed by atoms with Crippen molar-refractivity contribution >= 4 is 23.5 Å². The second kappa shape index (κ2) is 10.5. The fourth-order valence-corrected chi connectivity index (χ4v) is 6.80. The van der Waals surface area contributed by atoms with Crippen LogP contribution in [0.25, 0.3) is 0 Å². The Morgan fingerprint density at radius 2 is 1.83 bits per heavy atom. The van der Waals surface area contributed by atoms with Crippen LogP contribution in [0.4, 0.5) is 5.69 Å². The number of carbonyl (C=O) groups excluding carboxylic acids is 3. The minimum Gasteiger partial charge on any atom is -0.466 e. The Balaban J connectivity index is 1.70. The number of fused-ring (bicyclic) bond motifs is 1. The Bertz CT molecular complexity index is 992. The summed E-state index contributed by atoms with van der Waals surface area (Å²) >= 11 is 0. The van der Waals surface area contributed by atoms with Crippen molar-refractivity contribution < 1.29 is 29.0 Å². The van der Waals surface area contributed by atoms with E-state index in [-0.39, 0.29) is 25.0 Å². The highest BCUT2D eigenvalue weighted by Crippen LogP contribution is 2.64. The highest BCUT2D eigenvalue weighted by atomic mass is 16.6. The average Bonchev–Trinajstić information content (AvgIpc) is 3.45. The van der Waals surface area contributed by atoms with E-state index in [9.17, 15) is 14.4 Å². The lowest BCUT2D eigenvalue weighted by Gasteiger charge is -2.34. The number of benzene rings is 1. The lowest BCUT2D eigenvalue weighted by atomic mass is 9.65. The van der Waals surface area contributed by atoms with Crippen LogP contribution in [0, 0.1) is 25.7 Å². The van der Waals surface area contributed by atoms with E-state index in [0.29, 0.717) is 38.6 Å². The number of aliphatic hydroxyl groups is 1. The first-order valence-corrected chi connectivity index (χ1v) is 13.4. The van der Waals surface area contributed by atoms with Crippen LogP contribution in [-0.2, 0) is 23.9 Å². The summed E-state index contributed by atoms with van der Waals surface area (Å²) in [5.41, 5.74) is 0.816. The number of anilines is 1. The SMILES string of the molecule is CCOC(=O)[C@H]1[C@H]2C(=O)N(CCCCCCO)C(C(=O)Nc3c(C)cccc3C)C23CC[C@]1(CC)O3. The van der Waals surface area contributed by atoms with Crippen LogP contribution in [0.3, 0.4) is 0 Å². The summed E-state index contributed by atoms with van der Waals surface area (Å²) in [7, 11) is 0. The molecule has 3 saturated heterocycles. The minimum absolute atomic E-state index is 0.142. The molecule has 3 aliphatic rings. The van der Waals surface area contributed by atoms with Crippen molar-refractivity contribution in [3.63, 3.8) is 0 Å². The zero-order chi connectivity index (χ0) is 26.1.